The lowest BCUT2D eigenvalue weighted by molar-refractivity contribution is 0.446. The number of aromatic nitrogens is 1. The summed E-state index contributed by atoms with van der Waals surface area (Å²) in [6, 6.07) is 16.1. The molecule has 5 aromatic rings. The van der Waals surface area contributed by atoms with Crippen molar-refractivity contribution in [1.82, 2.24) is 4.57 Å². The summed E-state index contributed by atoms with van der Waals surface area (Å²) in [6.45, 7) is -0.0585. The summed E-state index contributed by atoms with van der Waals surface area (Å²) < 4.78 is 44.7. The van der Waals surface area contributed by atoms with Crippen LogP contribution in [0, 0.1) is 5.82 Å². The zero-order valence-corrected chi connectivity index (χ0v) is 21.5. The zero-order chi connectivity index (χ0) is 26.5. The first-order valence-corrected chi connectivity index (χ1v) is 13.9. The van der Waals surface area contributed by atoms with E-state index < -0.39 is 32.6 Å². The number of hydrogen-bond acceptors (Lipinski definition) is 7. The molecule has 7 nitrogen and oxygen atoms in total. The van der Waals surface area contributed by atoms with Gasteiger partial charge in [0.2, 0.25) is 0 Å². The largest absolute Gasteiger partial charge is 0.505 e. The normalized spacial score (nSPS) is 11.9. The number of aromatic hydroxyl groups is 1. The Labute approximate surface area is 218 Å². The minimum atomic E-state index is -3.64. The van der Waals surface area contributed by atoms with Gasteiger partial charge in [-0.15, -0.1) is 0 Å². The van der Waals surface area contributed by atoms with Crippen LogP contribution in [0.1, 0.15) is 5.56 Å². The Balaban J connectivity index is 1.82. The second-order valence-electron chi connectivity index (χ2n) is 8.30. The van der Waals surface area contributed by atoms with Crippen LogP contribution in [0.15, 0.2) is 95.4 Å². The van der Waals surface area contributed by atoms with Crippen LogP contribution in [0.4, 0.5) is 4.39 Å². The SMILES string of the molecule is CS(=O)(=O)c1ccc2c3oc(=O)c(Sc4ccc(Cl)cc4)c(O)c3c(=O)n(Cc3ccc(F)cc3)c2c1. The van der Waals surface area contributed by atoms with E-state index in [1.54, 1.807) is 24.3 Å². The molecule has 0 aliphatic heterocycles. The Kier molecular flexibility index (Phi) is 6.35. The summed E-state index contributed by atoms with van der Waals surface area (Å²) >= 11 is 6.83. The molecule has 0 aliphatic rings. The van der Waals surface area contributed by atoms with E-state index in [1.165, 1.54) is 47.0 Å². The van der Waals surface area contributed by atoms with Crippen LogP contribution >= 0.6 is 23.4 Å². The summed E-state index contributed by atoms with van der Waals surface area (Å²) in [5.41, 5.74) is -1.02. The molecule has 2 heterocycles. The molecule has 37 heavy (non-hydrogen) atoms. The van der Waals surface area contributed by atoms with E-state index in [9.17, 15) is 27.5 Å². The highest BCUT2D eigenvalue weighted by molar-refractivity contribution is 7.99. The van der Waals surface area contributed by atoms with Crippen LogP contribution < -0.4 is 11.2 Å². The molecule has 0 unspecified atom stereocenters. The molecule has 0 saturated heterocycles. The predicted molar refractivity (Wildman–Crippen MR) is 140 cm³/mol. The number of rotatable bonds is 5. The fraction of sp³-hybridized carbons (Fsp3) is 0.0769. The van der Waals surface area contributed by atoms with Gasteiger partial charge in [0, 0.05) is 21.6 Å². The van der Waals surface area contributed by atoms with Gasteiger partial charge in [0.25, 0.3) is 5.56 Å². The lowest BCUT2D eigenvalue weighted by Crippen LogP contribution is -2.23. The molecule has 0 saturated carbocycles. The summed E-state index contributed by atoms with van der Waals surface area (Å²) in [6.07, 6.45) is 1.03. The number of sulfone groups is 1. The van der Waals surface area contributed by atoms with Crippen LogP contribution in [-0.4, -0.2) is 24.3 Å². The molecular weight excluding hydrogens is 541 g/mol. The summed E-state index contributed by atoms with van der Waals surface area (Å²) in [5, 5.41) is 11.6. The number of pyridine rings is 1. The molecule has 0 aliphatic carbocycles. The minimum absolute atomic E-state index is 0.0481. The number of halogens is 2. The number of nitrogens with zero attached hydrogens (tertiary/aromatic N) is 1. The van der Waals surface area contributed by atoms with Gasteiger partial charge >= 0.3 is 5.63 Å². The molecule has 0 fully saturated rings. The number of hydrogen-bond donors (Lipinski definition) is 1. The highest BCUT2D eigenvalue weighted by Crippen LogP contribution is 2.37. The molecule has 0 amide bonds. The first-order chi connectivity index (χ1) is 17.5. The summed E-state index contributed by atoms with van der Waals surface area (Å²) in [4.78, 5) is 27.0. The topological polar surface area (TPSA) is 107 Å². The van der Waals surface area contributed by atoms with E-state index >= 15 is 0 Å². The Morgan fingerprint density at radius 3 is 2.35 bits per heavy atom. The zero-order valence-electron chi connectivity index (χ0n) is 19.1. The molecule has 0 atom stereocenters. The third-order valence-electron chi connectivity index (χ3n) is 5.74. The van der Waals surface area contributed by atoms with Gasteiger partial charge in [0.05, 0.1) is 17.0 Å². The Morgan fingerprint density at radius 1 is 1.03 bits per heavy atom. The second kappa shape index (κ2) is 9.37. The molecule has 0 radical (unpaired) electrons. The number of fused-ring (bicyclic) bond motifs is 3. The minimum Gasteiger partial charge on any atom is -0.505 e. The molecule has 5 rings (SSSR count). The maximum absolute atomic E-state index is 13.7. The van der Waals surface area contributed by atoms with Crippen molar-refractivity contribution in [3.63, 3.8) is 0 Å². The van der Waals surface area contributed by atoms with Gasteiger partial charge < -0.3 is 14.1 Å². The van der Waals surface area contributed by atoms with Crippen molar-refractivity contribution in [3.05, 3.63) is 104 Å². The molecule has 1 N–H and O–H groups in total. The Hall–Kier alpha value is -3.60. The van der Waals surface area contributed by atoms with Crippen LogP contribution in [0.2, 0.25) is 5.02 Å². The fourth-order valence-corrected chi connectivity index (χ4v) is 5.54. The third-order valence-corrected chi connectivity index (χ3v) is 8.17. The van der Waals surface area contributed by atoms with Crippen LogP contribution in [0.25, 0.3) is 21.9 Å². The highest BCUT2D eigenvalue weighted by Gasteiger charge is 2.23. The van der Waals surface area contributed by atoms with Gasteiger partial charge in [-0.05, 0) is 60.2 Å². The fourth-order valence-electron chi connectivity index (χ4n) is 3.94. The summed E-state index contributed by atoms with van der Waals surface area (Å²) in [5.74, 6) is -1.01. The second-order valence-corrected chi connectivity index (χ2v) is 11.8. The molecule has 0 bridgehead atoms. The number of benzene rings is 3. The Morgan fingerprint density at radius 2 is 1.70 bits per heavy atom. The van der Waals surface area contributed by atoms with E-state index in [-0.39, 0.29) is 38.2 Å². The molecule has 188 valence electrons. The first-order valence-electron chi connectivity index (χ1n) is 10.8. The van der Waals surface area contributed by atoms with Crippen LogP contribution in [0.3, 0.4) is 0 Å². The quantitative estimate of drug-likeness (QED) is 0.296. The van der Waals surface area contributed by atoms with Crippen molar-refractivity contribution in [2.75, 3.05) is 6.26 Å². The lowest BCUT2D eigenvalue weighted by atomic mass is 10.1. The summed E-state index contributed by atoms with van der Waals surface area (Å²) in [7, 11) is -3.64. The van der Waals surface area contributed by atoms with Gasteiger partial charge in [0.1, 0.15) is 16.1 Å². The van der Waals surface area contributed by atoms with E-state index in [0.717, 1.165) is 18.0 Å². The van der Waals surface area contributed by atoms with Crippen molar-refractivity contribution in [1.29, 1.82) is 0 Å². The van der Waals surface area contributed by atoms with Gasteiger partial charge in [-0.25, -0.2) is 17.6 Å². The molecular formula is C26H17ClFNO6S2. The smallest absolute Gasteiger partial charge is 0.354 e. The third kappa shape index (κ3) is 4.75. The van der Waals surface area contributed by atoms with E-state index in [2.05, 4.69) is 0 Å². The molecule has 11 heteroatoms. The average Bonchev–Trinajstić information content (AvgIpc) is 2.85. The van der Waals surface area contributed by atoms with E-state index in [4.69, 9.17) is 16.0 Å². The lowest BCUT2D eigenvalue weighted by Gasteiger charge is -2.15. The van der Waals surface area contributed by atoms with Gasteiger partial charge in [-0.1, -0.05) is 35.5 Å². The maximum Gasteiger partial charge on any atom is 0.354 e. The highest BCUT2D eigenvalue weighted by atomic mass is 35.5. The van der Waals surface area contributed by atoms with E-state index in [0.29, 0.717) is 15.5 Å². The van der Waals surface area contributed by atoms with Crippen LogP contribution in [0.5, 0.6) is 5.75 Å². The average molecular weight is 558 g/mol. The molecule has 3 aromatic carbocycles. The van der Waals surface area contributed by atoms with Crippen molar-refractivity contribution in [2.45, 2.75) is 21.2 Å². The van der Waals surface area contributed by atoms with Crippen LogP contribution in [-0.2, 0) is 16.4 Å². The predicted octanol–water partition coefficient (Wildman–Crippen LogP) is 5.21. The van der Waals surface area contributed by atoms with Crippen molar-refractivity contribution >= 4 is 55.1 Å². The van der Waals surface area contributed by atoms with Gasteiger partial charge in [-0.3, -0.25) is 4.79 Å². The van der Waals surface area contributed by atoms with Gasteiger partial charge in [0.15, 0.2) is 21.2 Å². The monoisotopic (exact) mass is 557 g/mol. The van der Waals surface area contributed by atoms with E-state index in [1.807, 2.05) is 0 Å². The van der Waals surface area contributed by atoms with Gasteiger partial charge in [-0.2, -0.15) is 0 Å². The standard InChI is InChI=1S/C26H17ClFNO6S2/c1-37(33,34)18-10-11-19-20(12-18)29(13-14-2-6-16(28)7-3-14)25(31)21-22(30)24(26(32)35-23(19)21)36-17-8-4-15(27)5-9-17/h2-12,30H,13H2,1H3. The Bertz CT molecular complexity index is 1920. The maximum atomic E-state index is 13.7. The first kappa shape index (κ1) is 25.1. The van der Waals surface area contributed by atoms with Crippen molar-refractivity contribution in [3.8, 4) is 5.75 Å². The van der Waals surface area contributed by atoms with Crippen molar-refractivity contribution in [2.24, 2.45) is 0 Å². The van der Waals surface area contributed by atoms with Crippen molar-refractivity contribution < 1.29 is 22.3 Å². The molecule has 2 aromatic heterocycles. The molecule has 0 spiro atoms.